The third-order valence-corrected chi connectivity index (χ3v) is 2.41. The Kier molecular flexibility index (Phi) is 8.56. The Hall–Kier alpha value is -1.62. The summed E-state index contributed by atoms with van der Waals surface area (Å²) in [5.74, 6) is -1.31. The first-order valence-electron chi connectivity index (χ1n) is 6.74. The Bertz CT molecular complexity index is 367. The SMILES string of the molecule is C/C=C/C=C/CCC(=O)OC(CC(=O)O)C[N+](C)(C)C. The maximum atomic E-state index is 11.7. The molecule has 0 aliphatic rings. The molecule has 1 atom stereocenters. The molecule has 0 heterocycles. The zero-order chi connectivity index (χ0) is 15.6. The van der Waals surface area contributed by atoms with Crippen LogP contribution in [0.4, 0.5) is 0 Å². The summed E-state index contributed by atoms with van der Waals surface area (Å²) in [5.41, 5.74) is 0. The number of rotatable bonds is 9. The minimum Gasteiger partial charge on any atom is -0.481 e. The number of hydrogen-bond donors (Lipinski definition) is 1. The van der Waals surface area contributed by atoms with Gasteiger partial charge in [-0.2, -0.15) is 0 Å². The summed E-state index contributed by atoms with van der Waals surface area (Å²) in [6.07, 6.45) is 7.65. The second-order valence-electron chi connectivity index (χ2n) is 5.68. The molecule has 5 heteroatoms. The fourth-order valence-corrected chi connectivity index (χ4v) is 1.68. The molecule has 1 N–H and O–H groups in total. The molecule has 0 saturated carbocycles. The molecule has 0 aromatic rings. The average molecular weight is 284 g/mol. The molecule has 0 spiro atoms. The molecular formula is C15H26NO4+. The molecule has 0 bridgehead atoms. The number of nitrogens with zero attached hydrogens (tertiary/aromatic N) is 1. The monoisotopic (exact) mass is 284 g/mol. The number of carboxylic acid groups (broad SMARTS) is 1. The largest absolute Gasteiger partial charge is 0.481 e. The van der Waals surface area contributed by atoms with E-state index < -0.39 is 12.1 Å². The number of ether oxygens (including phenoxy) is 1. The highest BCUT2D eigenvalue weighted by molar-refractivity contribution is 5.71. The van der Waals surface area contributed by atoms with Crippen molar-refractivity contribution in [3.8, 4) is 0 Å². The van der Waals surface area contributed by atoms with Gasteiger partial charge in [0.05, 0.1) is 27.6 Å². The number of hydrogen-bond acceptors (Lipinski definition) is 3. The normalized spacial score (nSPS) is 13.8. The number of carboxylic acids is 1. The van der Waals surface area contributed by atoms with Gasteiger partial charge < -0.3 is 14.3 Å². The molecule has 0 aliphatic heterocycles. The van der Waals surface area contributed by atoms with Gasteiger partial charge in [-0.3, -0.25) is 9.59 Å². The summed E-state index contributed by atoms with van der Waals surface area (Å²) in [7, 11) is 5.80. The van der Waals surface area contributed by atoms with Gasteiger partial charge in [0.2, 0.25) is 0 Å². The van der Waals surface area contributed by atoms with Gasteiger partial charge >= 0.3 is 11.9 Å². The highest BCUT2D eigenvalue weighted by Crippen LogP contribution is 2.07. The molecule has 5 nitrogen and oxygen atoms in total. The van der Waals surface area contributed by atoms with Crippen molar-refractivity contribution in [3.63, 3.8) is 0 Å². The van der Waals surface area contributed by atoms with E-state index in [1.807, 2.05) is 52.4 Å². The van der Waals surface area contributed by atoms with Gasteiger partial charge in [-0.15, -0.1) is 0 Å². The Morgan fingerprint density at radius 2 is 1.90 bits per heavy atom. The molecule has 0 radical (unpaired) electrons. The number of carbonyl (C=O) groups is 2. The lowest BCUT2D eigenvalue weighted by Crippen LogP contribution is -2.43. The lowest BCUT2D eigenvalue weighted by molar-refractivity contribution is -0.873. The van der Waals surface area contributed by atoms with Crippen LogP contribution < -0.4 is 0 Å². The first-order chi connectivity index (χ1) is 9.24. The summed E-state index contributed by atoms with van der Waals surface area (Å²) in [6, 6.07) is 0. The molecule has 0 aromatic heterocycles. The van der Waals surface area contributed by atoms with E-state index in [1.54, 1.807) is 0 Å². The van der Waals surface area contributed by atoms with E-state index in [1.165, 1.54) is 0 Å². The Labute approximate surface area is 121 Å². The zero-order valence-corrected chi connectivity index (χ0v) is 12.8. The smallest absolute Gasteiger partial charge is 0.307 e. The summed E-state index contributed by atoms with van der Waals surface area (Å²) >= 11 is 0. The van der Waals surface area contributed by atoms with Gasteiger partial charge in [-0.25, -0.2) is 0 Å². The van der Waals surface area contributed by atoms with Crippen LogP contribution in [0.2, 0.25) is 0 Å². The lowest BCUT2D eigenvalue weighted by atomic mass is 10.2. The van der Waals surface area contributed by atoms with Crippen LogP contribution >= 0.6 is 0 Å². The first kappa shape index (κ1) is 18.4. The summed E-state index contributed by atoms with van der Waals surface area (Å²) in [4.78, 5) is 22.5. The molecule has 0 rings (SSSR count). The van der Waals surface area contributed by atoms with Crippen LogP contribution in [0, 0.1) is 0 Å². The highest BCUT2D eigenvalue weighted by Gasteiger charge is 2.24. The predicted molar refractivity (Wildman–Crippen MR) is 78.2 cm³/mol. The van der Waals surface area contributed by atoms with E-state index >= 15 is 0 Å². The van der Waals surface area contributed by atoms with E-state index in [4.69, 9.17) is 9.84 Å². The Morgan fingerprint density at radius 1 is 1.25 bits per heavy atom. The molecule has 0 saturated heterocycles. The molecule has 0 aliphatic carbocycles. The number of carbonyl (C=O) groups excluding carboxylic acids is 1. The number of quaternary nitrogens is 1. The van der Waals surface area contributed by atoms with Crippen molar-refractivity contribution in [3.05, 3.63) is 24.3 Å². The van der Waals surface area contributed by atoms with E-state index in [0.29, 0.717) is 17.4 Å². The molecule has 114 valence electrons. The zero-order valence-electron chi connectivity index (χ0n) is 12.8. The van der Waals surface area contributed by atoms with Crippen LogP contribution in [0.15, 0.2) is 24.3 Å². The fraction of sp³-hybridized carbons (Fsp3) is 0.600. The molecule has 0 aromatic carbocycles. The van der Waals surface area contributed by atoms with Crippen molar-refractivity contribution in [1.82, 2.24) is 0 Å². The van der Waals surface area contributed by atoms with Crippen LogP contribution in [0.25, 0.3) is 0 Å². The molecular weight excluding hydrogens is 258 g/mol. The quantitative estimate of drug-likeness (QED) is 0.399. The predicted octanol–water partition coefficient (Wildman–Crippen LogP) is 1.99. The van der Waals surface area contributed by atoms with Crippen LogP contribution in [0.5, 0.6) is 0 Å². The maximum absolute atomic E-state index is 11.7. The van der Waals surface area contributed by atoms with Crippen LogP contribution in [0.3, 0.4) is 0 Å². The molecule has 1 unspecified atom stereocenters. The molecule has 0 fully saturated rings. The van der Waals surface area contributed by atoms with Crippen molar-refractivity contribution >= 4 is 11.9 Å². The molecule has 0 amide bonds. The van der Waals surface area contributed by atoms with Crippen molar-refractivity contribution in [2.75, 3.05) is 27.7 Å². The summed E-state index contributed by atoms with van der Waals surface area (Å²) < 4.78 is 5.80. The van der Waals surface area contributed by atoms with Crippen molar-refractivity contribution in [2.45, 2.75) is 32.3 Å². The maximum Gasteiger partial charge on any atom is 0.307 e. The van der Waals surface area contributed by atoms with E-state index in [-0.39, 0.29) is 18.8 Å². The Balaban J connectivity index is 4.28. The third-order valence-electron chi connectivity index (χ3n) is 2.41. The van der Waals surface area contributed by atoms with Gasteiger partial charge in [0.15, 0.2) is 6.10 Å². The Morgan fingerprint density at radius 3 is 2.40 bits per heavy atom. The highest BCUT2D eigenvalue weighted by atomic mass is 16.5. The van der Waals surface area contributed by atoms with Crippen LogP contribution in [-0.2, 0) is 14.3 Å². The number of esters is 1. The number of aliphatic carboxylic acids is 1. The van der Waals surface area contributed by atoms with Gasteiger partial charge in [0.1, 0.15) is 6.54 Å². The van der Waals surface area contributed by atoms with E-state index in [0.717, 1.165) is 0 Å². The van der Waals surface area contributed by atoms with Gasteiger partial charge in [-0.05, 0) is 13.3 Å². The van der Waals surface area contributed by atoms with Crippen LogP contribution in [-0.4, -0.2) is 55.3 Å². The topological polar surface area (TPSA) is 63.6 Å². The number of likely N-dealkylation sites (N-methyl/N-ethyl adjacent to an activating group) is 1. The summed E-state index contributed by atoms with van der Waals surface area (Å²) in [6.45, 7) is 2.40. The first-order valence-corrected chi connectivity index (χ1v) is 6.74. The van der Waals surface area contributed by atoms with E-state index in [2.05, 4.69) is 0 Å². The minimum atomic E-state index is -0.954. The fourth-order valence-electron chi connectivity index (χ4n) is 1.68. The summed E-state index contributed by atoms with van der Waals surface area (Å²) in [5, 5.41) is 8.85. The van der Waals surface area contributed by atoms with Gasteiger partial charge in [0.25, 0.3) is 0 Å². The van der Waals surface area contributed by atoms with Crippen molar-refractivity contribution in [1.29, 1.82) is 0 Å². The second kappa shape index (κ2) is 9.31. The minimum absolute atomic E-state index is 0.157. The van der Waals surface area contributed by atoms with E-state index in [9.17, 15) is 9.59 Å². The lowest BCUT2D eigenvalue weighted by Gasteiger charge is -2.28. The van der Waals surface area contributed by atoms with Crippen LogP contribution in [0.1, 0.15) is 26.2 Å². The molecule has 20 heavy (non-hydrogen) atoms. The third kappa shape index (κ3) is 11.5. The number of allylic oxidation sites excluding steroid dienone is 4. The standard InChI is InChI=1S/C15H25NO4/c1-5-6-7-8-9-10-15(19)20-13(11-14(17)18)12-16(2,3)4/h5-8,13H,9-12H2,1-4H3/p+1/b6-5+,8-7+. The average Bonchev–Trinajstić information content (AvgIpc) is 2.25. The van der Waals surface area contributed by atoms with Crippen molar-refractivity contribution < 1.29 is 23.9 Å². The van der Waals surface area contributed by atoms with Crippen molar-refractivity contribution in [2.24, 2.45) is 0 Å². The second-order valence-corrected chi connectivity index (χ2v) is 5.68. The van der Waals surface area contributed by atoms with Gasteiger partial charge in [-0.1, -0.05) is 24.3 Å². The van der Waals surface area contributed by atoms with Gasteiger partial charge in [0, 0.05) is 6.42 Å².